The van der Waals surface area contributed by atoms with Crippen LogP contribution in [0, 0.1) is 0 Å². The van der Waals surface area contributed by atoms with Crippen molar-refractivity contribution in [2.75, 3.05) is 18.6 Å². The van der Waals surface area contributed by atoms with Gasteiger partial charge in [-0.1, -0.05) is 16.9 Å². The van der Waals surface area contributed by atoms with Crippen molar-refractivity contribution in [3.8, 4) is 0 Å². The summed E-state index contributed by atoms with van der Waals surface area (Å²) in [6, 6.07) is 0. The molecule has 194 valence electrons. The second-order valence-electron chi connectivity index (χ2n) is 7.41. The summed E-state index contributed by atoms with van der Waals surface area (Å²) in [6.45, 7) is 4.25. The van der Waals surface area contributed by atoms with E-state index in [1.807, 2.05) is 0 Å². The molecule has 12 nitrogen and oxygen atoms in total. The number of rotatable bonds is 11. The minimum Gasteiger partial charge on any atom is -0.463 e. The highest BCUT2D eigenvalue weighted by atomic mass is 32.2. The summed E-state index contributed by atoms with van der Waals surface area (Å²) >= 11 is 0.917. The number of hydrogen-bond acceptors (Lipinski definition) is 13. The maximum absolute atomic E-state index is 11.8. The SMILES string of the molecule is CC(=O)OC[C@H]1O[C@@H](S/C(CCCC[S@](C)=O)=N/O)[C@H](OC(C)=O)[C@@H](OC(C)=O)[C@@H]1OC(C)=O. The van der Waals surface area contributed by atoms with Crippen LogP contribution >= 0.6 is 11.8 Å². The Balaban J connectivity index is 3.24. The molecule has 0 aromatic carbocycles. The third kappa shape index (κ3) is 10.8. The van der Waals surface area contributed by atoms with Gasteiger partial charge in [-0.3, -0.25) is 23.4 Å². The normalized spacial score (nSPS) is 25.7. The molecule has 0 unspecified atom stereocenters. The largest absolute Gasteiger partial charge is 0.463 e. The minimum atomic E-state index is -1.29. The number of unbranched alkanes of at least 4 members (excludes halogenated alkanes) is 1. The number of ether oxygens (including phenoxy) is 5. The van der Waals surface area contributed by atoms with Crippen LogP contribution in [0.1, 0.15) is 47.0 Å². The van der Waals surface area contributed by atoms with Crippen molar-refractivity contribution in [3.05, 3.63) is 0 Å². The molecule has 1 aliphatic heterocycles. The molecule has 34 heavy (non-hydrogen) atoms. The van der Waals surface area contributed by atoms with Crippen LogP contribution in [0.15, 0.2) is 5.16 Å². The molecular formula is C20H31NO11S2. The van der Waals surface area contributed by atoms with Crippen LogP contribution in [0.25, 0.3) is 0 Å². The van der Waals surface area contributed by atoms with E-state index >= 15 is 0 Å². The van der Waals surface area contributed by atoms with E-state index in [0.717, 1.165) is 32.5 Å². The Morgan fingerprint density at radius 2 is 1.47 bits per heavy atom. The lowest BCUT2D eigenvalue weighted by molar-refractivity contribution is -0.237. The number of oxime groups is 1. The van der Waals surface area contributed by atoms with E-state index < -0.39 is 64.5 Å². The Morgan fingerprint density at radius 3 is 1.97 bits per heavy atom. The smallest absolute Gasteiger partial charge is 0.303 e. The highest BCUT2D eigenvalue weighted by molar-refractivity contribution is 8.14. The summed E-state index contributed by atoms with van der Waals surface area (Å²) in [7, 11) is -0.954. The first-order chi connectivity index (χ1) is 15.9. The molecule has 6 atom stereocenters. The third-order valence-electron chi connectivity index (χ3n) is 4.38. The fourth-order valence-electron chi connectivity index (χ4n) is 3.13. The second kappa shape index (κ2) is 14.9. The van der Waals surface area contributed by atoms with Gasteiger partial charge in [-0.15, -0.1) is 0 Å². The molecule has 1 fully saturated rings. The van der Waals surface area contributed by atoms with Gasteiger partial charge in [0.2, 0.25) is 0 Å². The predicted molar refractivity (Wildman–Crippen MR) is 122 cm³/mol. The van der Waals surface area contributed by atoms with Gasteiger partial charge in [0.05, 0.1) is 0 Å². The van der Waals surface area contributed by atoms with Crippen molar-refractivity contribution in [1.82, 2.24) is 0 Å². The standard InChI is InChI=1S/C20H31NO11S2/c1-11(22)28-10-15-17(29-12(2)23)18(30-13(3)24)19(31-14(4)25)20(32-15)33-16(21-26)8-6-7-9-34(5)27/h15,17-20,26H,6-10H2,1-5H3/b21-16+/t15-,17-,18+,19-,20+,34+/m1/s1. The Kier molecular flexibility index (Phi) is 13.1. The van der Waals surface area contributed by atoms with E-state index in [4.69, 9.17) is 23.7 Å². The van der Waals surface area contributed by atoms with Crippen LogP contribution < -0.4 is 0 Å². The second-order valence-corrected chi connectivity index (χ2v) is 10.1. The number of thioether (sulfide) groups is 1. The summed E-state index contributed by atoms with van der Waals surface area (Å²) in [5.74, 6) is -2.31. The van der Waals surface area contributed by atoms with Gasteiger partial charge in [0.25, 0.3) is 0 Å². The summed E-state index contributed by atoms with van der Waals surface area (Å²) in [4.78, 5) is 46.8. The monoisotopic (exact) mass is 525 g/mol. The van der Waals surface area contributed by atoms with E-state index in [2.05, 4.69) is 5.16 Å². The average molecular weight is 526 g/mol. The summed E-state index contributed by atoms with van der Waals surface area (Å²) in [6.07, 6.45) is -1.78. The van der Waals surface area contributed by atoms with Gasteiger partial charge in [0.15, 0.2) is 18.3 Å². The molecule has 0 aromatic rings. The number of hydrogen-bond donors (Lipinski definition) is 1. The van der Waals surface area contributed by atoms with E-state index in [-0.39, 0.29) is 11.7 Å². The van der Waals surface area contributed by atoms with Crippen molar-refractivity contribution in [2.45, 2.75) is 76.8 Å². The molecular weight excluding hydrogens is 494 g/mol. The van der Waals surface area contributed by atoms with Gasteiger partial charge in [0.1, 0.15) is 23.2 Å². The van der Waals surface area contributed by atoms with E-state index in [0.29, 0.717) is 25.0 Å². The first-order valence-electron chi connectivity index (χ1n) is 10.4. The third-order valence-corrected chi connectivity index (χ3v) is 6.42. The highest BCUT2D eigenvalue weighted by Crippen LogP contribution is 2.35. The zero-order chi connectivity index (χ0) is 25.8. The maximum Gasteiger partial charge on any atom is 0.303 e. The van der Waals surface area contributed by atoms with Gasteiger partial charge < -0.3 is 28.9 Å². The molecule has 0 radical (unpaired) electrons. The molecule has 0 amide bonds. The minimum absolute atomic E-state index is 0.225. The van der Waals surface area contributed by atoms with Crippen molar-refractivity contribution >= 4 is 51.5 Å². The Bertz CT molecular complexity index is 788. The van der Waals surface area contributed by atoms with Gasteiger partial charge >= 0.3 is 23.9 Å². The predicted octanol–water partition coefficient (Wildman–Crippen LogP) is 1.14. The van der Waals surface area contributed by atoms with E-state index in [9.17, 15) is 28.6 Å². The number of nitrogens with zero attached hydrogens (tertiary/aromatic N) is 1. The molecule has 0 saturated carbocycles. The molecule has 1 N–H and O–H groups in total. The van der Waals surface area contributed by atoms with Gasteiger partial charge in [0, 0.05) is 50.5 Å². The van der Waals surface area contributed by atoms with Crippen LogP contribution in [0.5, 0.6) is 0 Å². The van der Waals surface area contributed by atoms with Crippen LogP contribution in [-0.4, -0.2) is 86.8 Å². The van der Waals surface area contributed by atoms with Crippen molar-refractivity contribution in [3.63, 3.8) is 0 Å². The Morgan fingerprint density at radius 1 is 0.912 bits per heavy atom. The molecule has 0 aliphatic carbocycles. The highest BCUT2D eigenvalue weighted by Gasteiger charge is 2.52. The van der Waals surface area contributed by atoms with Gasteiger partial charge in [-0.05, 0) is 19.3 Å². The molecule has 1 heterocycles. The lowest BCUT2D eigenvalue weighted by Crippen LogP contribution is -2.61. The van der Waals surface area contributed by atoms with Crippen LogP contribution in [-0.2, 0) is 53.7 Å². The number of esters is 4. The molecule has 0 aromatic heterocycles. The summed E-state index contributed by atoms with van der Waals surface area (Å²) < 4.78 is 38.2. The molecule has 1 rings (SSSR count). The topological polar surface area (TPSA) is 164 Å². The van der Waals surface area contributed by atoms with Crippen molar-refractivity contribution in [1.29, 1.82) is 0 Å². The zero-order valence-corrected chi connectivity index (χ0v) is 21.3. The first-order valence-corrected chi connectivity index (χ1v) is 13.0. The fourth-order valence-corrected chi connectivity index (χ4v) is 4.86. The average Bonchev–Trinajstić information content (AvgIpc) is 2.71. The quantitative estimate of drug-likeness (QED) is 0.0779. The number of carbonyl (C=O) groups excluding carboxylic acids is 4. The fraction of sp³-hybridized carbons (Fsp3) is 0.750. The van der Waals surface area contributed by atoms with Crippen molar-refractivity contribution < 1.29 is 52.3 Å². The van der Waals surface area contributed by atoms with Crippen LogP contribution in [0.4, 0.5) is 0 Å². The summed E-state index contributed by atoms with van der Waals surface area (Å²) in [5, 5.41) is 13.0. The van der Waals surface area contributed by atoms with Gasteiger partial charge in [-0.25, -0.2) is 0 Å². The van der Waals surface area contributed by atoms with E-state index in [1.54, 1.807) is 6.26 Å². The molecule has 1 saturated heterocycles. The van der Waals surface area contributed by atoms with Crippen molar-refractivity contribution in [2.24, 2.45) is 5.16 Å². The van der Waals surface area contributed by atoms with Crippen LogP contribution in [0.2, 0.25) is 0 Å². The lowest BCUT2D eigenvalue weighted by atomic mass is 9.99. The van der Waals surface area contributed by atoms with Gasteiger partial charge in [-0.2, -0.15) is 0 Å². The van der Waals surface area contributed by atoms with E-state index in [1.165, 1.54) is 6.92 Å². The number of carbonyl (C=O) groups is 4. The molecule has 0 bridgehead atoms. The van der Waals surface area contributed by atoms with Crippen LogP contribution in [0.3, 0.4) is 0 Å². The Hall–Kier alpha value is -2.19. The summed E-state index contributed by atoms with van der Waals surface area (Å²) in [5.41, 5.74) is -1.06. The Labute approximate surface area is 204 Å². The lowest BCUT2D eigenvalue weighted by Gasteiger charge is -2.44. The zero-order valence-electron chi connectivity index (χ0n) is 19.7. The maximum atomic E-state index is 11.8. The molecule has 14 heteroatoms. The first kappa shape index (κ1) is 29.8. The molecule has 1 aliphatic rings. The molecule has 0 spiro atoms.